The van der Waals surface area contributed by atoms with Crippen molar-refractivity contribution in [3.05, 3.63) is 29.8 Å². The monoisotopic (exact) mass is 221 g/mol. The Hall–Kier alpha value is -2.04. The number of carboxylic acids is 1. The van der Waals surface area contributed by atoms with E-state index in [0.717, 1.165) is 0 Å². The van der Waals surface area contributed by atoms with Gasteiger partial charge in [-0.3, -0.25) is 9.79 Å². The second-order valence-corrected chi connectivity index (χ2v) is 3.47. The van der Waals surface area contributed by atoms with Gasteiger partial charge in [0.25, 0.3) is 0 Å². The Kier molecular flexibility index (Phi) is 2.76. The fourth-order valence-electron chi connectivity index (χ4n) is 1.57. The first-order chi connectivity index (χ1) is 7.66. The van der Waals surface area contributed by atoms with E-state index in [4.69, 9.17) is 9.84 Å². The maximum Gasteiger partial charge on any atom is 0.312 e. The SMILES string of the molecule is O=C(O)CC1=NCC(c2ccccc2O)O1. The molecule has 1 aromatic rings. The maximum atomic E-state index is 10.5. The third kappa shape index (κ3) is 2.13. The Balaban J connectivity index is 2.06. The fraction of sp³-hybridized carbons (Fsp3) is 0.273. The van der Waals surface area contributed by atoms with Crippen molar-refractivity contribution in [1.29, 1.82) is 0 Å². The summed E-state index contributed by atoms with van der Waals surface area (Å²) in [6.07, 6.45) is -0.597. The molecule has 1 unspecified atom stereocenters. The van der Waals surface area contributed by atoms with E-state index in [0.29, 0.717) is 12.1 Å². The summed E-state index contributed by atoms with van der Waals surface area (Å²) in [4.78, 5) is 14.4. The maximum absolute atomic E-state index is 10.5. The molecule has 0 fully saturated rings. The van der Waals surface area contributed by atoms with Gasteiger partial charge in [0.1, 0.15) is 18.3 Å². The van der Waals surface area contributed by atoms with Gasteiger partial charge in [-0.2, -0.15) is 0 Å². The summed E-state index contributed by atoms with van der Waals surface area (Å²) < 4.78 is 5.35. The summed E-state index contributed by atoms with van der Waals surface area (Å²) in [5.41, 5.74) is 0.631. The lowest BCUT2D eigenvalue weighted by atomic mass is 10.1. The number of phenolic OH excluding ortho intramolecular Hbond substituents is 1. The van der Waals surface area contributed by atoms with Crippen molar-refractivity contribution in [1.82, 2.24) is 0 Å². The van der Waals surface area contributed by atoms with Crippen LogP contribution in [0.5, 0.6) is 5.75 Å². The van der Waals surface area contributed by atoms with Gasteiger partial charge in [-0.15, -0.1) is 0 Å². The average molecular weight is 221 g/mol. The van der Waals surface area contributed by atoms with Crippen LogP contribution in [0.4, 0.5) is 0 Å². The quantitative estimate of drug-likeness (QED) is 0.807. The van der Waals surface area contributed by atoms with Gasteiger partial charge in [0.2, 0.25) is 0 Å². The Morgan fingerprint density at radius 1 is 1.50 bits per heavy atom. The van der Waals surface area contributed by atoms with Crippen LogP contribution in [0.15, 0.2) is 29.3 Å². The summed E-state index contributed by atoms with van der Waals surface area (Å²) in [5, 5.41) is 18.2. The lowest BCUT2D eigenvalue weighted by Crippen LogP contribution is -2.09. The number of rotatable bonds is 3. The summed E-state index contributed by atoms with van der Waals surface area (Å²) >= 11 is 0. The first-order valence-electron chi connectivity index (χ1n) is 4.86. The number of carbonyl (C=O) groups is 1. The fourth-order valence-corrected chi connectivity index (χ4v) is 1.57. The molecule has 0 saturated heterocycles. The van der Waals surface area contributed by atoms with Gasteiger partial charge < -0.3 is 14.9 Å². The highest BCUT2D eigenvalue weighted by atomic mass is 16.5. The van der Waals surface area contributed by atoms with Gasteiger partial charge in [0.05, 0.1) is 6.54 Å². The van der Waals surface area contributed by atoms with Gasteiger partial charge >= 0.3 is 5.97 Å². The predicted molar refractivity (Wildman–Crippen MR) is 56.5 cm³/mol. The van der Waals surface area contributed by atoms with Crippen LogP contribution in [0, 0.1) is 0 Å². The first kappa shape index (κ1) is 10.5. The van der Waals surface area contributed by atoms with Crippen molar-refractivity contribution < 1.29 is 19.7 Å². The number of ether oxygens (including phenoxy) is 1. The molecular weight excluding hydrogens is 210 g/mol. The van der Waals surface area contributed by atoms with Crippen molar-refractivity contribution in [3.63, 3.8) is 0 Å². The summed E-state index contributed by atoms with van der Waals surface area (Å²) in [6, 6.07) is 6.80. The predicted octanol–water partition coefficient (Wildman–Crippen LogP) is 1.34. The van der Waals surface area contributed by atoms with Gasteiger partial charge in [-0.25, -0.2) is 0 Å². The van der Waals surface area contributed by atoms with E-state index in [-0.39, 0.29) is 24.2 Å². The molecule has 1 aliphatic heterocycles. The van der Waals surface area contributed by atoms with Crippen LogP contribution in [0.1, 0.15) is 18.1 Å². The van der Waals surface area contributed by atoms with Crippen LogP contribution in [-0.4, -0.2) is 28.6 Å². The number of aliphatic imine (C=N–C) groups is 1. The van der Waals surface area contributed by atoms with Gasteiger partial charge in [0, 0.05) is 5.56 Å². The third-order valence-corrected chi connectivity index (χ3v) is 2.30. The standard InChI is InChI=1S/C11H11NO4/c13-8-4-2-1-3-7(8)9-6-12-10(16-9)5-11(14)15/h1-4,9,13H,5-6H2,(H,14,15). The average Bonchev–Trinajstić information content (AvgIpc) is 2.66. The normalized spacial score (nSPS) is 19.0. The van der Waals surface area contributed by atoms with Crippen molar-refractivity contribution in [2.75, 3.05) is 6.54 Å². The van der Waals surface area contributed by atoms with Crippen molar-refractivity contribution >= 4 is 11.9 Å². The highest BCUT2D eigenvalue weighted by molar-refractivity contribution is 5.94. The second-order valence-electron chi connectivity index (χ2n) is 3.47. The zero-order valence-electron chi connectivity index (χ0n) is 8.46. The van der Waals surface area contributed by atoms with E-state index in [1.54, 1.807) is 24.3 Å². The van der Waals surface area contributed by atoms with Gasteiger partial charge in [0.15, 0.2) is 5.90 Å². The molecule has 84 valence electrons. The highest BCUT2D eigenvalue weighted by Crippen LogP contribution is 2.30. The Labute approximate surface area is 92.0 Å². The molecule has 5 heteroatoms. The summed E-state index contributed by atoms with van der Waals surface area (Å²) in [7, 11) is 0. The number of para-hydroxylation sites is 1. The molecule has 1 aliphatic rings. The molecule has 1 atom stereocenters. The molecule has 1 heterocycles. The zero-order valence-corrected chi connectivity index (χ0v) is 8.46. The third-order valence-electron chi connectivity index (χ3n) is 2.30. The number of hydrogen-bond acceptors (Lipinski definition) is 4. The highest BCUT2D eigenvalue weighted by Gasteiger charge is 2.24. The van der Waals surface area contributed by atoms with Crippen LogP contribution in [0.3, 0.4) is 0 Å². The van der Waals surface area contributed by atoms with Gasteiger partial charge in [-0.1, -0.05) is 18.2 Å². The lowest BCUT2D eigenvalue weighted by Gasteiger charge is -2.12. The van der Waals surface area contributed by atoms with E-state index in [9.17, 15) is 9.90 Å². The summed E-state index contributed by atoms with van der Waals surface area (Å²) in [6.45, 7) is 0.347. The molecule has 0 bridgehead atoms. The number of aliphatic carboxylic acids is 1. The zero-order chi connectivity index (χ0) is 11.5. The number of benzene rings is 1. The topological polar surface area (TPSA) is 79.1 Å². The largest absolute Gasteiger partial charge is 0.508 e. The number of aromatic hydroxyl groups is 1. The molecule has 0 spiro atoms. The van der Waals surface area contributed by atoms with Gasteiger partial charge in [-0.05, 0) is 6.07 Å². The Bertz CT molecular complexity index is 441. The molecule has 5 nitrogen and oxygen atoms in total. The number of carboxylic acid groups (broad SMARTS) is 1. The van der Waals surface area contributed by atoms with Crippen LogP contribution < -0.4 is 0 Å². The smallest absolute Gasteiger partial charge is 0.312 e. The molecule has 1 aromatic carbocycles. The van der Waals surface area contributed by atoms with E-state index >= 15 is 0 Å². The van der Waals surface area contributed by atoms with E-state index in [2.05, 4.69) is 4.99 Å². The van der Waals surface area contributed by atoms with Crippen LogP contribution in [0.2, 0.25) is 0 Å². The lowest BCUT2D eigenvalue weighted by molar-refractivity contribution is -0.135. The van der Waals surface area contributed by atoms with Crippen LogP contribution in [0.25, 0.3) is 0 Å². The molecule has 2 N–H and O–H groups in total. The molecule has 0 amide bonds. The van der Waals surface area contributed by atoms with Crippen LogP contribution in [-0.2, 0) is 9.53 Å². The number of hydrogen-bond donors (Lipinski definition) is 2. The molecule has 16 heavy (non-hydrogen) atoms. The minimum atomic E-state index is -0.975. The minimum Gasteiger partial charge on any atom is -0.508 e. The second kappa shape index (κ2) is 4.22. The van der Waals surface area contributed by atoms with E-state index in [1.807, 2.05) is 0 Å². The van der Waals surface area contributed by atoms with Crippen molar-refractivity contribution in [2.45, 2.75) is 12.5 Å². The molecule has 2 rings (SSSR count). The molecule has 0 saturated carbocycles. The Morgan fingerprint density at radius 3 is 2.94 bits per heavy atom. The summed E-state index contributed by atoms with van der Waals surface area (Å²) in [5.74, 6) is -0.628. The molecular formula is C11H11NO4. The van der Waals surface area contributed by atoms with E-state index < -0.39 is 5.97 Å². The number of phenols is 1. The molecule has 0 aliphatic carbocycles. The van der Waals surface area contributed by atoms with Crippen molar-refractivity contribution in [3.8, 4) is 5.75 Å². The first-order valence-corrected chi connectivity index (χ1v) is 4.86. The Morgan fingerprint density at radius 2 is 2.25 bits per heavy atom. The van der Waals surface area contributed by atoms with E-state index in [1.165, 1.54) is 0 Å². The number of nitrogens with zero attached hydrogens (tertiary/aromatic N) is 1. The molecule has 0 radical (unpaired) electrons. The molecule has 0 aromatic heterocycles. The minimum absolute atomic E-state index is 0.138. The van der Waals surface area contributed by atoms with Crippen molar-refractivity contribution in [2.24, 2.45) is 4.99 Å². The van der Waals surface area contributed by atoms with Crippen LogP contribution >= 0.6 is 0 Å².